The highest BCUT2D eigenvalue weighted by Gasteiger charge is 1.98. The van der Waals surface area contributed by atoms with Gasteiger partial charge in [-0.2, -0.15) is 5.26 Å². The Kier molecular flexibility index (Phi) is 4.57. The van der Waals surface area contributed by atoms with Gasteiger partial charge in [0.1, 0.15) is 0 Å². The summed E-state index contributed by atoms with van der Waals surface area (Å²) in [6.07, 6.45) is 8.05. The van der Waals surface area contributed by atoms with Gasteiger partial charge in [-0.1, -0.05) is 12.1 Å². The van der Waals surface area contributed by atoms with Crippen molar-refractivity contribution < 1.29 is 4.79 Å². The van der Waals surface area contributed by atoms with Gasteiger partial charge in [0.05, 0.1) is 24.4 Å². The van der Waals surface area contributed by atoms with Crippen LogP contribution in [0.3, 0.4) is 0 Å². The van der Waals surface area contributed by atoms with Crippen LogP contribution in [0.25, 0.3) is 6.08 Å². The van der Waals surface area contributed by atoms with Gasteiger partial charge >= 0.3 is 0 Å². The second-order valence-electron chi connectivity index (χ2n) is 3.98. The lowest BCUT2D eigenvalue weighted by atomic mass is 10.1. The van der Waals surface area contributed by atoms with Gasteiger partial charge in [-0.05, 0) is 23.8 Å². The SMILES string of the molecule is N#CCc1ccc(NC(=O)C=Cc2cnccn2)cc1. The molecule has 98 valence electrons. The van der Waals surface area contributed by atoms with Crippen LogP contribution in [0.2, 0.25) is 0 Å². The first-order valence-electron chi connectivity index (χ1n) is 5.99. The van der Waals surface area contributed by atoms with E-state index >= 15 is 0 Å². The van der Waals surface area contributed by atoms with Gasteiger partial charge < -0.3 is 5.32 Å². The molecule has 0 atom stereocenters. The fourth-order valence-corrected chi connectivity index (χ4v) is 1.54. The summed E-state index contributed by atoms with van der Waals surface area (Å²) in [7, 11) is 0. The van der Waals surface area contributed by atoms with E-state index in [1.807, 2.05) is 12.1 Å². The van der Waals surface area contributed by atoms with Crippen molar-refractivity contribution in [3.63, 3.8) is 0 Å². The zero-order chi connectivity index (χ0) is 14.2. The van der Waals surface area contributed by atoms with E-state index in [0.717, 1.165) is 5.56 Å². The minimum absolute atomic E-state index is 0.247. The summed E-state index contributed by atoms with van der Waals surface area (Å²) >= 11 is 0. The minimum atomic E-state index is -0.247. The largest absolute Gasteiger partial charge is 0.323 e. The molecule has 20 heavy (non-hydrogen) atoms. The van der Waals surface area contributed by atoms with Crippen molar-refractivity contribution in [2.75, 3.05) is 5.32 Å². The van der Waals surface area contributed by atoms with E-state index in [1.165, 1.54) is 6.08 Å². The molecule has 0 unspecified atom stereocenters. The maximum Gasteiger partial charge on any atom is 0.248 e. The highest BCUT2D eigenvalue weighted by molar-refractivity contribution is 6.01. The van der Waals surface area contributed by atoms with Gasteiger partial charge in [0.2, 0.25) is 5.91 Å². The van der Waals surface area contributed by atoms with Crippen LogP contribution >= 0.6 is 0 Å². The number of amides is 1. The molecule has 1 aromatic heterocycles. The monoisotopic (exact) mass is 264 g/mol. The van der Waals surface area contributed by atoms with Crippen molar-refractivity contribution in [1.82, 2.24) is 9.97 Å². The molecule has 2 rings (SSSR count). The van der Waals surface area contributed by atoms with Crippen LogP contribution in [0.1, 0.15) is 11.3 Å². The molecular formula is C15H12N4O. The van der Waals surface area contributed by atoms with Crippen molar-refractivity contribution in [2.45, 2.75) is 6.42 Å². The molecule has 1 aromatic carbocycles. The molecule has 0 aliphatic heterocycles. The topological polar surface area (TPSA) is 78.7 Å². The Morgan fingerprint density at radius 3 is 2.75 bits per heavy atom. The number of carbonyl (C=O) groups is 1. The summed E-state index contributed by atoms with van der Waals surface area (Å²) in [6, 6.07) is 9.22. The summed E-state index contributed by atoms with van der Waals surface area (Å²) < 4.78 is 0. The Bertz CT molecular complexity index is 642. The quantitative estimate of drug-likeness (QED) is 0.858. The first-order chi connectivity index (χ1) is 9.78. The average Bonchev–Trinajstić information content (AvgIpc) is 2.49. The molecule has 0 aliphatic carbocycles. The number of hydrogen-bond donors (Lipinski definition) is 1. The van der Waals surface area contributed by atoms with Gasteiger partial charge in [0.25, 0.3) is 0 Å². The number of anilines is 1. The third-order valence-corrected chi connectivity index (χ3v) is 2.49. The predicted octanol–water partition coefficient (Wildman–Crippen LogP) is 2.19. The zero-order valence-electron chi connectivity index (χ0n) is 10.7. The molecule has 0 saturated carbocycles. The van der Waals surface area contributed by atoms with Crippen LogP contribution in [0.4, 0.5) is 5.69 Å². The molecule has 0 spiro atoms. The zero-order valence-corrected chi connectivity index (χ0v) is 10.7. The summed E-state index contributed by atoms with van der Waals surface area (Å²) in [5, 5.41) is 11.3. The molecule has 1 heterocycles. The first-order valence-corrected chi connectivity index (χ1v) is 5.99. The Morgan fingerprint density at radius 1 is 1.30 bits per heavy atom. The second kappa shape index (κ2) is 6.81. The van der Waals surface area contributed by atoms with Crippen LogP contribution in [0.15, 0.2) is 48.9 Å². The molecule has 5 nitrogen and oxygen atoms in total. The third kappa shape index (κ3) is 4.03. The lowest BCUT2D eigenvalue weighted by Crippen LogP contribution is -2.07. The summed E-state index contributed by atoms with van der Waals surface area (Å²) in [5.41, 5.74) is 2.22. The highest BCUT2D eigenvalue weighted by atomic mass is 16.1. The fourth-order valence-electron chi connectivity index (χ4n) is 1.54. The maximum absolute atomic E-state index is 11.7. The van der Waals surface area contributed by atoms with E-state index in [0.29, 0.717) is 17.8 Å². The summed E-state index contributed by atoms with van der Waals surface area (Å²) in [5.74, 6) is -0.247. The third-order valence-electron chi connectivity index (χ3n) is 2.49. The molecule has 2 aromatic rings. The van der Waals surface area contributed by atoms with Crippen molar-refractivity contribution in [2.24, 2.45) is 0 Å². The van der Waals surface area contributed by atoms with Crippen molar-refractivity contribution in [1.29, 1.82) is 5.26 Å². The molecule has 0 bridgehead atoms. The van der Waals surface area contributed by atoms with Crippen LogP contribution in [0.5, 0.6) is 0 Å². The molecule has 0 fully saturated rings. The van der Waals surface area contributed by atoms with E-state index in [9.17, 15) is 4.79 Å². The Balaban J connectivity index is 1.94. The van der Waals surface area contributed by atoms with E-state index < -0.39 is 0 Å². The number of nitrogens with zero attached hydrogens (tertiary/aromatic N) is 3. The van der Waals surface area contributed by atoms with E-state index in [1.54, 1.807) is 36.8 Å². The van der Waals surface area contributed by atoms with Gasteiger partial charge in [-0.15, -0.1) is 0 Å². The molecular weight excluding hydrogens is 252 g/mol. The van der Waals surface area contributed by atoms with E-state index in [4.69, 9.17) is 5.26 Å². The first kappa shape index (κ1) is 13.4. The smallest absolute Gasteiger partial charge is 0.248 e. The van der Waals surface area contributed by atoms with Crippen molar-refractivity contribution >= 4 is 17.7 Å². The van der Waals surface area contributed by atoms with Gasteiger partial charge in [0, 0.05) is 24.2 Å². The average molecular weight is 264 g/mol. The summed E-state index contributed by atoms with van der Waals surface area (Å²) in [6.45, 7) is 0. The van der Waals surface area contributed by atoms with Crippen molar-refractivity contribution in [3.05, 3.63) is 60.2 Å². The number of benzene rings is 1. The Labute approximate surface area is 116 Å². The number of carbonyl (C=O) groups excluding carboxylic acids is 1. The van der Waals surface area contributed by atoms with E-state index in [2.05, 4.69) is 21.4 Å². The van der Waals surface area contributed by atoms with Gasteiger partial charge in [0.15, 0.2) is 0 Å². The van der Waals surface area contributed by atoms with Gasteiger partial charge in [-0.25, -0.2) is 0 Å². The Hall–Kier alpha value is -3.00. The Morgan fingerprint density at radius 2 is 2.10 bits per heavy atom. The summed E-state index contributed by atoms with van der Waals surface area (Å²) in [4.78, 5) is 19.6. The van der Waals surface area contributed by atoms with E-state index in [-0.39, 0.29) is 5.91 Å². The molecule has 1 N–H and O–H groups in total. The van der Waals surface area contributed by atoms with Gasteiger partial charge in [-0.3, -0.25) is 14.8 Å². The van der Waals surface area contributed by atoms with Crippen LogP contribution < -0.4 is 5.32 Å². The van der Waals surface area contributed by atoms with Crippen LogP contribution in [0, 0.1) is 11.3 Å². The number of rotatable bonds is 4. The molecule has 0 aliphatic rings. The lowest BCUT2D eigenvalue weighted by molar-refractivity contribution is -0.111. The fraction of sp³-hybridized carbons (Fsp3) is 0.0667. The number of aromatic nitrogens is 2. The highest BCUT2D eigenvalue weighted by Crippen LogP contribution is 2.10. The molecule has 0 saturated heterocycles. The maximum atomic E-state index is 11.7. The standard InChI is InChI=1S/C15H12N4O/c16-8-7-12-1-3-13(4-2-12)19-15(20)6-5-14-11-17-9-10-18-14/h1-6,9-11H,7H2,(H,19,20). The normalized spacial score (nSPS) is 10.2. The lowest BCUT2D eigenvalue weighted by Gasteiger charge is -2.02. The number of hydrogen-bond acceptors (Lipinski definition) is 4. The minimum Gasteiger partial charge on any atom is -0.323 e. The van der Waals surface area contributed by atoms with Crippen molar-refractivity contribution in [3.8, 4) is 6.07 Å². The molecule has 1 amide bonds. The number of nitrogens with one attached hydrogen (secondary N) is 1. The van der Waals surface area contributed by atoms with Crippen LogP contribution in [-0.2, 0) is 11.2 Å². The van der Waals surface area contributed by atoms with Crippen LogP contribution in [-0.4, -0.2) is 15.9 Å². The molecule has 0 radical (unpaired) electrons. The number of nitriles is 1. The molecule has 5 heteroatoms. The predicted molar refractivity (Wildman–Crippen MR) is 75.5 cm³/mol. The second-order valence-corrected chi connectivity index (χ2v) is 3.98.